The van der Waals surface area contributed by atoms with Crippen molar-refractivity contribution in [2.45, 2.75) is 13.3 Å². The normalized spacial score (nSPS) is 11.2. The summed E-state index contributed by atoms with van der Waals surface area (Å²) in [6, 6.07) is 4.76. The van der Waals surface area contributed by atoms with Crippen molar-refractivity contribution in [2.24, 2.45) is 0 Å². The monoisotopic (exact) mass is 334 g/mol. The van der Waals surface area contributed by atoms with Crippen LogP contribution in [0.4, 0.5) is 14.5 Å². The molecule has 0 unspecified atom stereocenters. The molecule has 0 amide bonds. The van der Waals surface area contributed by atoms with Crippen LogP contribution in [-0.4, -0.2) is 11.5 Å². The molecule has 0 fully saturated rings. The summed E-state index contributed by atoms with van der Waals surface area (Å²) < 4.78 is 26.4. The highest BCUT2D eigenvalue weighted by Gasteiger charge is 2.16. The number of rotatable bonds is 3. The van der Waals surface area contributed by atoms with Gasteiger partial charge >= 0.3 is 0 Å². The second-order valence-electron chi connectivity index (χ2n) is 3.68. The third-order valence-electron chi connectivity index (χ3n) is 2.47. The van der Waals surface area contributed by atoms with E-state index in [9.17, 15) is 8.78 Å². The molecule has 6 heteroatoms. The molecule has 0 aliphatic rings. The number of nitrogens with zero attached hydrogens (tertiary/aromatic N) is 1. The van der Waals surface area contributed by atoms with Gasteiger partial charge in [-0.15, -0.1) is 0 Å². The Morgan fingerprint density at radius 3 is 2.78 bits per heavy atom. The first-order chi connectivity index (χ1) is 8.54. The molecule has 2 rings (SSSR count). The largest absolute Gasteiger partial charge is 0.385 e. The molecule has 1 N–H and O–H groups in total. The van der Waals surface area contributed by atoms with Gasteiger partial charge in [-0.1, -0.05) is 27.5 Å². The van der Waals surface area contributed by atoms with E-state index in [1.807, 2.05) is 6.92 Å². The molecule has 1 aromatic heterocycles. The Morgan fingerprint density at radius 1 is 1.44 bits per heavy atom. The summed E-state index contributed by atoms with van der Waals surface area (Å²) in [6.45, 7) is 2.52. The minimum Gasteiger partial charge on any atom is -0.385 e. The molecule has 0 radical (unpaired) electrons. The maximum atomic E-state index is 12.8. The fourth-order valence-corrected chi connectivity index (χ4v) is 2.46. The molecule has 2 nitrogen and oxygen atoms in total. The van der Waals surface area contributed by atoms with Crippen molar-refractivity contribution in [3.8, 4) is 0 Å². The first kappa shape index (κ1) is 13.5. The minimum atomic E-state index is -2.62. The quantitative estimate of drug-likeness (QED) is 0.852. The van der Waals surface area contributed by atoms with Crippen molar-refractivity contribution in [1.29, 1.82) is 0 Å². The average molecular weight is 336 g/mol. The van der Waals surface area contributed by atoms with Crippen LogP contribution in [0.3, 0.4) is 0 Å². The van der Waals surface area contributed by atoms with Crippen molar-refractivity contribution in [3.05, 3.63) is 33.4 Å². The molecule has 1 aromatic carbocycles. The first-order valence-electron chi connectivity index (χ1n) is 5.35. The molecular weight excluding hydrogens is 325 g/mol. The topological polar surface area (TPSA) is 24.9 Å². The van der Waals surface area contributed by atoms with Crippen LogP contribution in [0.15, 0.2) is 22.7 Å². The van der Waals surface area contributed by atoms with Crippen molar-refractivity contribution >= 4 is 44.1 Å². The molecule has 1 heterocycles. The Labute approximate surface area is 116 Å². The van der Waals surface area contributed by atoms with Crippen LogP contribution < -0.4 is 5.32 Å². The number of pyridine rings is 1. The van der Waals surface area contributed by atoms with Crippen LogP contribution in [0.1, 0.15) is 19.0 Å². The molecule has 18 heavy (non-hydrogen) atoms. The van der Waals surface area contributed by atoms with Gasteiger partial charge in [0.25, 0.3) is 6.43 Å². The van der Waals surface area contributed by atoms with Crippen LogP contribution >= 0.6 is 27.5 Å². The summed E-state index contributed by atoms with van der Waals surface area (Å²) in [5, 5.41) is 4.12. The van der Waals surface area contributed by atoms with E-state index < -0.39 is 6.43 Å². The molecule has 96 valence electrons. The molecule has 0 saturated heterocycles. The van der Waals surface area contributed by atoms with E-state index in [1.165, 1.54) is 6.07 Å². The highest BCUT2D eigenvalue weighted by Crippen LogP contribution is 2.36. The summed E-state index contributed by atoms with van der Waals surface area (Å²) in [5.74, 6) is 0. The average Bonchev–Trinajstić information content (AvgIpc) is 2.33. The van der Waals surface area contributed by atoms with Crippen LogP contribution in [0.25, 0.3) is 10.9 Å². The number of hydrogen-bond donors (Lipinski definition) is 1. The summed E-state index contributed by atoms with van der Waals surface area (Å²) in [4.78, 5) is 3.93. The van der Waals surface area contributed by atoms with Gasteiger partial charge in [0.05, 0.1) is 10.5 Å². The lowest BCUT2D eigenvalue weighted by atomic mass is 10.1. The summed E-state index contributed by atoms with van der Waals surface area (Å²) >= 11 is 9.41. The van der Waals surface area contributed by atoms with Crippen molar-refractivity contribution in [3.63, 3.8) is 0 Å². The molecule has 0 aliphatic carbocycles. The SMILES string of the molecule is CCNc1cc(C(F)F)nc2c(Cl)ccc(Br)c12. The first-order valence-corrected chi connectivity index (χ1v) is 6.52. The molecular formula is C12H10BrClF2N2. The van der Waals surface area contributed by atoms with Gasteiger partial charge < -0.3 is 5.32 Å². The van der Waals surface area contributed by atoms with Gasteiger partial charge in [-0.25, -0.2) is 13.8 Å². The Kier molecular flexibility index (Phi) is 4.02. The lowest BCUT2D eigenvalue weighted by Crippen LogP contribution is -2.01. The van der Waals surface area contributed by atoms with Gasteiger partial charge in [0.1, 0.15) is 5.69 Å². The van der Waals surface area contributed by atoms with Gasteiger partial charge in [-0.3, -0.25) is 0 Å². The number of hydrogen-bond acceptors (Lipinski definition) is 2. The predicted molar refractivity (Wildman–Crippen MR) is 73.6 cm³/mol. The maximum absolute atomic E-state index is 12.8. The highest BCUT2D eigenvalue weighted by molar-refractivity contribution is 9.10. The molecule has 0 saturated carbocycles. The standard InChI is InChI=1S/C12H10BrClF2N2/c1-2-17-8-5-9(12(15)16)18-11-7(14)4-3-6(13)10(8)11/h3-5,12H,2H2,1H3,(H,17,18). The van der Waals surface area contributed by atoms with Crippen molar-refractivity contribution in [2.75, 3.05) is 11.9 Å². The summed E-state index contributed by atoms with van der Waals surface area (Å²) in [7, 11) is 0. The molecule has 2 aromatic rings. The Balaban J connectivity index is 2.80. The number of aromatic nitrogens is 1. The number of benzene rings is 1. The number of nitrogens with one attached hydrogen (secondary N) is 1. The Morgan fingerprint density at radius 2 is 2.17 bits per heavy atom. The van der Waals surface area contributed by atoms with E-state index in [1.54, 1.807) is 12.1 Å². The fraction of sp³-hybridized carbons (Fsp3) is 0.250. The van der Waals surface area contributed by atoms with E-state index >= 15 is 0 Å². The third-order valence-corrected chi connectivity index (χ3v) is 3.44. The van der Waals surface area contributed by atoms with Crippen LogP contribution in [0.5, 0.6) is 0 Å². The van der Waals surface area contributed by atoms with Crippen molar-refractivity contribution < 1.29 is 8.78 Å². The Bertz CT molecular complexity index is 590. The lowest BCUT2D eigenvalue weighted by molar-refractivity contribution is 0.146. The van der Waals surface area contributed by atoms with Crippen molar-refractivity contribution in [1.82, 2.24) is 4.98 Å². The second kappa shape index (κ2) is 5.36. The zero-order valence-corrected chi connectivity index (χ0v) is 11.8. The Hall–Kier alpha value is -0.940. The predicted octanol–water partition coefficient (Wildman–Crippen LogP) is 5.02. The molecule has 0 bridgehead atoms. The smallest absolute Gasteiger partial charge is 0.280 e. The van der Waals surface area contributed by atoms with Gasteiger partial charge in [0.15, 0.2) is 0 Å². The molecule has 0 atom stereocenters. The summed E-state index contributed by atoms with van der Waals surface area (Å²) in [6.07, 6.45) is -2.62. The fourth-order valence-electron chi connectivity index (χ4n) is 1.73. The minimum absolute atomic E-state index is 0.279. The van der Waals surface area contributed by atoms with Crippen LogP contribution in [0, 0.1) is 0 Å². The van der Waals surface area contributed by atoms with Gasteiger partial charge in [-0.2, -0.15) is 0 Å². The second-order valence-corrected chi connectivity index (χ2v) is 4.94. The van der Waals surface area contributed by atoms with Crippen LogP contribution in [-0.2, 0) is 0 Å². The number of fused-ring (bicyclic) bond motifs is 1. The van der Waals surface area contributed by atoms with E-state index in [4.69, 9.17) is 11.6 Å². The van der Waals surface area contributed by atoms with Gasteiger partial charge in [0.2, 0.25) is 0 Å². The maximum Gasteiger partial charge on any atom is 0.280 e. The molecule has 0 aliphatic heterocycles. The van der Waals surface area contributed by atoms with E-state index in [0.29, 0.717) is 28.2 Å². The van der Waals surface area contributed by atoms with Gasteiger partial charge in [-0.05, 0) is 25.1 Å². The number of halogens is 4. The zero-order chi connectivity index (χ0) is 13.3. The van der Waals surface area contributed by atoms with E-state index in [-0.39, 0.29) is 5.69 Å². The number of alkyl halides is 2. The zero-order valence-electron chi connectivity index (χ0n) is 9.48. The summed E-state index contributed by atoms with van der Waals surface area (Å²) in [5.41, 5.74) is 0.699. The van der Waals surface area contributed by atoms with E-state index in [0.717, 1.165) is 4.47 Å². The lowest BCUT2D eigenvalue weighted by Gasteiger charge is -2.12. The van der Waals surface area contributed by atoms with Gasteiger partial charge in [0, 0.05) is 22.1 Å². The number of anilines is 1. The molecule has 0 spiro atoms. The van der Waals surface area contributed by atoms with Crippen LogP contribution in [0.2, 0.25) is 5.02 Å². The third kappa shape index (κ3) is 2.42. The highest BCUT2D eigenvalue weighted by atomic mass is 79.9. The van der Waals surface area contributed by atoms with E-state index in [2.05, 4.69) is 26.2 Å².